The number of aliphatic hydroxyl groups is 2. The Balaban J connectivity index is 2.74. The molecule has 0 aliphatic carbocycles. The predicted octanol–water partition coefficient (Wildman–Crippen LogP) is 0.610. The summed E-state index contributed by atoms with van der Waals surface area (Å²) in [7, 11) is 1.60. The molecule has 2 N–H and O–H groups in total. The highest BCUT2D eigenvalue weighted by Gasteiger charge is 2.09. The second-order valence-corrected chi connectivity index (χ2v) is 4.26. The molecule has 0 radical (unpaired) electrons. The molecule has 0 amide bonds. The molecular weight excluding hydrogens is 261 g/mol. The normalized spacial score (nSPS) is 10.4. The van der Waals surface area contributed by atoms with Gasteiger partial charge in [-0.3, -0.25) is 4.90 Å². The average Bonchev–Trinajstić information content (AvgIpc) is 2.45. The Labute approximate surface area is 118 Å². The maximum absolute atomic E-state index is 13.9. The molecule has 110 valence electrons. The van der Waals surface area contributed by atoms with E-state index in [1.54, 1.807) is 19.2 Å². The molecule has 1 rings (SSSR count). The van der Waals surface area contributed by atoms with E-state index in [0.717, 1.165) is 0 Å². The van der Waals surface area contributed by atoms with Crippen LogP contribution in [0.25, 0.3) is 0 Å². The van der Waals surface area contributed by atoms with Crippen LogP contribution in [0.2, 0.25) is 0 Å². The van der Waals surface area contributed by atoms with Gasteiger partial charge in [-0.05, 0) is 12.1 Å². The first-order valence-corrected chi connectivity index (χ1v) is 6.41. The van der Waals surface area contributed by atoms with Crippen LogP contribution in [0.4, 0.5) is 4.39 Å². The first-order chi connectivity index (χ1) is 9.71. The number of hydrogen-bond donors (Lipinski definition) is 2. The fraction of sp³-hybridized carbons (Fsp3) is 0.467. The van der Waals surface area contributed by atoms with Gasteiger partial charge in [0.25, 0.3) is 0 Å². The van der Waals surface area contributed by atoms with Crippen LogP contribution < -0.4 is 0 Å². The second kappa shape index (κ2) is 9.45. The van der Waals surface area contributed by atoms with Crippen LogP contribution in [-0.4, -0.2) is 55.1 Å². The summed E-state index contributed by atoms with van der Waals surface area (Å²) in [5.74, 6) is 4.80. The van der Waals surface area contributed by atoms with Crippen LogP contribution in [0, 0.1) is 17.7 Å². The van der Waals surface area contributed by atoms with Crippen molar-refractivity contribution < 1.29 is 19.3 Å². The lowest BCUT2D eigenvalue weighted by molar-refractivity contribution is 0.126. The van der Waals surface area contributed by atoms with Crippen molar-refractivity contribution in [1.29, 1.82) is 0 Å². The van der Waals surface area contributed by atoms with Gasteiger partial charge in [0.1, 0.15) is 12.4 Å². The van der Waals surface area contributed by atoms with E-state index in [1.165, 1.54) is 6.07 Å². The fourth-order valence-electron chi connectivity index (χ4n) is 1.77. The molecule has 0 spiro atoms. The van der Waals surface area contributed by atoms with E-state index in [4.69, 9.17) is 14.9 Å². The standard InChI is InChI=1S/C15H20FNO3/c1-20-10-7-17(6-9-19)12-14-5-4-13(3-2-8-18)11-15(14)16/h4-5,11,18-19H,6-10,12H2,1H3. The lowest BCUT2D eigenvalue weighted by atomic mass is 10.1. The first-order valence-electron chi connectivity index (χ1n) is 6.41. The summed E-state index contributed by atoms with van der Waals surface area (Å²) in [6, 6.07) is 4.74. The van der Waals surface area contributed by atoms with Gasteiger partial charge in [-0.2, -0.15) is 0 Å². The summed E-state index contributed by atoms with van der Waals surface area (Å²) in [4.78, 5) is 1.92. The van der Waals surface area contributed by atoms with E-state index in [2.05, 4.69) is 11.8 Å². The minimum atomic E-state index is -0.338. The lowest BCUT2D eigenvalue weighted by Gasteiger charge is -2.21. The molecule has 0 aromatic heterocycles. The minimum absolute atomic E-state index is 0.0192. The number of nitrogens with zero attached hydrogens (tertiary/aromatic N) is 1. The minimum Gasteiger partial charge on any atom is -0.395 e. The molecule has 4 nitrogen and oxygen atoms in total. The summed E-state index contributed by atoms with van der Waals surface area (Å²) < 4.78 is 18.9. The number of methoxy groups -OCH3 is 1. The SMILES string of the molecule is COCCN(CCO)Cc1ccc(C#CCO)cc1F. The van der Waals surface area contributed by atoms with Crippen molar-refractivity contribution in [3.8, 4) is 11.8 Å². The van der Waals surface area contributed by atoms with Crippen LogP contribution in [0.3, 0.4) is 0 Å². The number of hydrogen-bond acceptors (Lipinski definition) is 4. The van der Waals surface area contributed by atoms with Gasteiger partial charge in [0, 0.05) is 37.9 Å². The Kier molecular flexibility index (Phi) is 7.85. The maximum atomic E-state index is 13.9. The van der Waals surface area contributed by atoms with E-state index in [9.17, 15) is 4.39 Å². The third-order valence-corrected chi connectivity index (χ3v) is 2.79. The number of ether oxygens (including phenoxy) is 1. The van der Waals surface area contributed by atoms with Crippen LogP contribution in [0.5, 0.6) is 0 Å². The molecule has 20 heavy (non-hydrogen) atoms. The van der Waals surface area contributed by atoms with Gasteiger partial charge in [-0.15, -0.1) is 0 Å². The number of aliphatic hydroxyl groups excluding tert-OH is 2. The predicted molar refractivity (Wildman–Crippen MR) is 74.6 cm³/mol. The number of rotatable bonds is 7. The molecule has 0 saturated heterocycles. The average molecular weight is 281 g/mol. The molecule has 0 aliphatic heterocycles. The third kappa shape index (κ3) is 5.68. The van der Waals surface area contributed by atoms with Crippen molar-refractivity contribution in [2.75, 3.05) is 40.0 Å². The molecule has 0 unspecified atom stereocenters. The Hall–Kier alpha value is -1.45. The van der Waals surface area contributed by atoms with Gasteiger partial charge in [0.2, 0.25) is 0 Å². The molecule has 1 aromatic rings. The van der Waals surface area contributed by atoms with Crippen LogP contribution in [0.1, 0.15) is 11.1 Å². The lowest BCUT2D eigenvalue weighted by Crippen LogP contribution is -2.30. The summed E-state index contributed by atoms with van der Waals surface area (Å²) >= 11 is 0. The highest BCUT2D eigenvalue weighted by Crippen LogP contribution is 2.12. The summed E-state index contributed by atoms with van der Waals surface area (Å²) in [6.45, 7) is 1.80. The molecule has 1 aromatic carbocycles. The molecule has 0 fully saturated rings. The van der Waals surface area contributed by atoms with Gasteiger partial charge in [0.15, 0.2) is 0 Å². The Morgan fingerprint density at radius 1 is 1.30 bits per heavy atom. The van der Waals surface area contributed by atoms with Crippen molar-refractivity contribution >= 4 is 0 Å². The van der Waals surface area contributed by atoms with Gasteiger partial charge >= 0.3 is 0 Å². The van der Waals surface area contributed by atoms with E-state index in [0.29, 0.717) is 37.4 Å². The Bertz CT molecular complexity index is 468. The van der Waals surface area contributed by atoms with Crippen LogP contribution in [-0.2, 0) is 11.3 Å². The van der Waals surface area contributed by atoms with Gasteiger partial charge < -0.3 is 14.9 Å². The molecule has 0 saturated carbocycles. The molecule has 0 heterocycles. The fourth-order valence-corrected chi connectivity index (χ4v) is 1.77. The largest absolute Gasteiger partial charge is 0.395 e. The van der Waals surface area contributed by atoms with E-state index in [-0.39, 0.29) is 19.0 Å². The van der Waals surface area contributed by atoms with Crippen molar-refractivity contribution in [3.05, 3.63) is 35.1 Å². The smallest absolute Gasteiger partial charge is 0.128 e. The zero-order chi connectivity index (χ0) is 14.8. The Morgan fingerprint density at radius 2 is 2.10 bits per heavy atom. The zero-order valence-electron chi connectivity index (χ0n) is 11.6. The molecule has 0 atom stereocenters. The van der Waals surface area contributed by atoms with E-state index < -0.39 is 0 Å². The summed E-state index contributed by atoms with van der Waals surface area (Å²) in [5, 5.41) is 17.6. The zero-order valence-corrected chi connectivity index (χ0v) is 11.6. The number of benzene rings is 1. The molecule has 0 bridgehead atoms. The second-order valence-electron chi connectivity index (χ2n) is 4.26. The van der Waals surface area contributed by atoms with Gasteiger partial charge in [-0.1, -0.05) is 17.9 Å². The summed E-state index contributed by atoms with van der Waals surface area (Å²) in [6.07, 6.45) is 0. The van der Waals surface area contributed by atoms with Crippen molar-refractivity contribution in [2.45, 2.75) is 6.54 Å². The number of halogens is 1. The van der Waals surface area contributed by atoms with E-state index in [1.807, 2.05) is 4.90 Å². The van der Waals surface area contributed by atoms with Gasteiger partial charge in [-0.25, -0.2) is 4.39 Å². The van der Waals surface area contributed by atoms with Gasteiger partial charge in [0.05, 0.1) is 13.2 Å². The maximum Gasteiger partial charge on any atom is 0.128 e. The topological polar surface area (TPSA) is 52.9 Å². The van der Waals surface area contributed by atoms with Crippen LogP contribution >= 0.6 is 0 Å². The monoisotopic (exact) mass is 281 g/mol. The quantitative estimate of drug-likeness (QED) is 0.719. The van der Waals surface area contributed by atoms with Crippen molar-refractivity contribution in [2.24, 2.45) is 0 Å². The summed E-state index contributed by atoms with van der Waals surface area (Å²) in [5.41, 5.74) is 1.08. The Morgan fingerprint density at radius 3 is 2.70 bits per heavy atom. The van der Waals surface area contributed by atoms with Crippen LogP contribution in [0.15, 0.2) is 18.2 Å². The first kappa shape index (κ1) is 16.6. The van der Waals surface area contributed by atoms with Crippen molar-refractivity contribution in [1.82, 2.24) is 4.90 Å². The third-order valence-electron chi connectivity index (χ3n) is 2.79. The molecule has 0 aliphatic rings. The highest BCUT2D eigenvalue weighted by molar-refractivity contribution is 5.37. The van der Waals surface area contributed by atoms with E-state index >= 15 is 0 Å². The van der Waals surface area contributed by atoms with Crippen molar-refractivity contribution in [3.63, 3.8) is 0 Å². The highest BCUT2D eigenvalue weighted by atomic mass is 19.1. The molecule has 5 heteroatoms. The molecular formula is C15H20FNO3.